The largest absolute Gasteiger partial charge is 0.398 e. The van der Waals surface area contributed by atoms with E-state index < -0.39 is 0 Å². The Kier molecular flexibility index (Phi) is 3.51. The SMILES string of the molecule is CCC(=O)N(C)Cc1ccccc1N. The van der Waals surface area contributed by atoms with Crippen molar-refractivity contribution >= 4 is 11.6 Å². The minimum atomic E-state index is 0.133. The van der Waals surface area contributed by atoms with E-state index in [9.17, 15) is 4.79 Å². The van der Waals surface area contributed by atoms with E-state index in [1.54, 1.807) is 11.9 Å². The van der Waals surface area contributed by atoms with Gasteiger partial charge < -0.3 is 10.6 Å². The van der Waals surface area contributed by atoms with Crippen molar-refractivity contribution in [3.05, 3.63) is 29.8 Å². The summed E-state index contributed by atoms with van der Waals surface area (Å²) in [7, 11) is 1.79. The third-order valence-corrected chi connectivity index (χ3v) is 2.19. The van der Waals surface area contributed by atoms with Crippen molar-refractivity contribution in [3.63, 3.8) is 0 Å². The molecule has 14 heavy (non-hydrogen) atoms. The van der Waals surface area contributed by atoms with E-state index in [0.717, 1.165) is 11.3 Å². The number of para-hydroxylation sites is 1. The summed E-state index contributed by atoms with van der Waals surface area (Å²) >= 11 is 0. The molecule has 0 saturated heterocycles. The quantitative estimate of drug-likeness (QED) is 0.740. The molecule has 0 fully saturated rings. The highest BCUT2D eigenvalue weighted by Crippen LogP contribution is 2.12. The number of hydrogen-bond acceptors (Lipinski definition) is 2. The van der Waals surface area contributed by atoms with Crippen LogP contribution in [0.5, 0.6) is 0 Å². The Hall–Kier alpha value is -1.51. The molecule has 0 aliphatic heterocycles. The van der Waals surface area contributed by atoms with E-state index in [1.165, 1.54) is 0 Å². The first-order valence-corrected chi connectivity index (χ1v) is 4.72. The first-order valence-electron chi connectivity index (χ1n) is 4.72. The fraction of sp³-hybridized carbons (Fsp3) is 0.364. The first kappa shape index (κ1) is 10.6. The van der Waals surface area contributed by atoms with E-state index in [2.05, 4.69) is 0 Å². The summed E-state index contributed by atoms with van der Waals surface area (Å²) in [6.45, 7) is 2.44. The van der Waals surface area contributed by atoms with Crippen LogP contribution >= 0.6 is 0 Å². The van der Waals surface area contributed by atoms with E-state index >= 15 is 0 Å². The lowest BCUT2D eigenvalue weighted by atomic mass is 10.1. The predicted octanol–water partition coefficient (Wildman–Crippen LogP) is 1.64. The van der Waals surface area contributed by atoms with Crippen LogP contribution in [0.25, 0.3) is 0 Å². The number of hydrogen-bond donors (Lipinski definition) is 1. The van der Waals surface area contributed by atoms with Crippen molar-refractivity contribution in [2.45, 2.75) is 19.9 Å². The maximum Gasteiger partial charge on any atom is 0.222 e. The Morgan fingerprint density at radius 1 is 1.43 bits per heavy atom. The zero-order valence-electron chi connectivity index (χ0n) is 8.66. The van der Waals surface area contributed by atoms with Crippen molar-refractivity contribution < 1.29 is 4.79 Å². The van der Waals surface area contributed by atoms with Gasteiger partial charge in [0.05, 0.1) is 0 Å². The monoisotopic (exact) mass is 192 g/mol. The van der Waals surface area contributed by atoms with Crippen LogP contribution in [0.1, 0.15) is 18.9 Å². The molecule has 3 nitrogen and oxygen atoms in total. The maximum absolute atomic E-state index is 11.3. The van der Waals surface area contributed by atoms with Gasteiger partial charge in [0.15, 0.2) is 0 Å². The Balaban J connectivity index is 2.69. The minimum Gasteiger partial charge on any atom is -0.398 e. The lowest BCUT2D eigenvalue weighted by Crippen LogP contribution is -2.25. The summed E-state index contributed by atoms with van der Waals surface area (Å²) in [5.41, 5.74) is 7.51. The molecule has 2 N–H and O–H groups in total. The average molecular weight is 192 g/mol. The van der Waals surface area contributed by atoms with Crippen LogP contribution in [0.3, 0.4) is 0 Å². The van der Waals surface area contributed by atoms with E-state index in [-0.39, 0.29) is 5.91 Å². The molecule has 1 rings (SSSR count). The first-order chi connectivity index (χ1) is 6.65. The number of nitrogens with two attached hydrogens (primary N) is 1. The minimum absolute atomic E-state index is 0.133. The van der Waals surface area contributed by atoms with Crippen molar-refractivity contribution in [1.82, 2.24) is 4.90 Å². The standard InChI is InChI=1S/C11H16N2O/c1-3-11(14)13(2)8-9-6-4-5-7-10(9)12/h4-7H,3,8,12H2,1-2H3. The van der Waals surface area contributed by atoms with Gasteiger partial charge in [0.1, 0.15) is 0 Å². The van der Waals surface area contributed by atoms with Gasteiger partial charge in [0.25, 0.3) is 0 Å². The van der Waals surface area contributed by atoms with Gasteiger partial charge in [-0.25, -0.2) is 0 Å². The van der Waals surface area contributed by atoms with E-state index in [1.807, 2.05) is 31.2 Å². The summed E-state index contributed by atoms with van der Waals surface area (Å²) in [4.78, 5) is 13.0. The molecule has 0 radical (unpaired) electrons. The molecule has 0 bridgehead atoms. The van der Waals surface area contributed by atoms with Crippen LogP contribution in [0.4, 0.5) is 5.69 Å². The Bertz CT molecular complexity index is 323. The molecular formula is C11H16N2O. The Labute approximate surface area is 84.5 Å². The molecule has 0 atom stereocenters. The van der Waals surface area contributed by atoms with Crippen molar-refractivity contribution in [2.75, 3.05) is 12.8 Å². The fourth-order valence-electron chi connectivity index (χ4n) is 1.29. The van der Waals surface area contributed by atoms with Crippen LogP contribution in [0.2, 0.25) is 0 Å². The third kappa shape index (κ3) is 2.49. The lowest BCUT2D eigenvalue weighted by molar-refractivity contribution is -0.130. The molecule has 3 heteroatoms. The van der Waals surface area contributed by atoms with Crippen LogP contribution in [-0.4, -0.2) is 17.9 Å². The molecule has 1 aromatic carbocycles. The highest BCUT2D eigenvalue weighted by Gasteiger charge is 2.07. The van der Waals surface area contributed by atoms with Gasteiger partial charge in [-0.15, -0.1) is 0 Å². The predicted molar refractivity (Wildman–Crippen MR) is 57.6 cm³/mol. The van der Waals surface area contributed by atoms with Crippen molar-refractivity contribution in [3.8, 4) is 0 Å². The third-order valence-electron chi connectivity index (χ3n) is 2.19. The molecule has 0 spiro atoms. The lowest BCUT2D eigenvalue weighted by Gasteiger charge is -2.17. The van der Waals surface area contributed by atoms with Crippen molar-refractivity contribution in [2.24, 2.45) is 0 Å². The maximum atomic E-state index is 11.3. The normalized spacial score (nSPS) is 9.86. The fourth-order valence-corrected chi connectivity index (χ4v) is 1.29. The second kappa shape index (κ2) is 4.65. The highest BCUT2D eigenvalue weighted by atomic mass is 16.2. The van der Waals surface area contributed by atoms with Gasteiger partial charge in [-0.05, 0) is 11.6 Å². The second-order valence-electron chi connectivity index (χ2n) is 3.30. The Morgan fingerprint density at radius 2 is 2.07 bits per heavy atom. The van der Waals surface area contributed by atoms with Gasteiger partial charge in [-0.2, -0.15) is 0 Å². The average Bonchev–Trinajstić information content (AvgIpc) is 2.20. The van der Waals surface area contributed by atoms with Gasteiger partial charge in [-0.3, -0.25) is 4.79 Å². The van der Waals surface area contributed by atoms with Crippen LogP contribution < -0.4 is 5.73 Å². The molecular weight excluding hydrogens is 176 g/mol. The molecule has 76 valence electrons. The van der Waals surface area contributed by atoms with Crippen LogP contribution in [0.15, 0.2) is 24.3 Å². The van der Waals surface area contributed by atoms with Gasteiger partial charge in [0, 0.05) is 25.7 Å². The molecule has 0 aliphatic carbocycles. The number of carbonyl (C=O) groups is 1. The highest BCUT2D eigenvalue weighted by molar-refractivity contribution is 5.75. The zero-order chi connectivity index (χ0) is 10.6. The number of benzene rings is 1. The summed E-state index contributed by atoms with van der Waals surface area (Å²) in [6.07, 6.45) is 0.531. The molecule has 0 heterocycles. The summed E-state index contributed by atoms with van der Waals surface area (Å²) in [6, 6.07) is 7.60. The summed E-state index contributed by atoms with van der Waals surface area (Å²) in [5, 5.41) is 0. The molecule has 0 saturated carbocycles. The molecule has 0 aliphatic rings. The number of nitrogen functional groups attached to an aromatic ring is 1. The number of nitrogens with zero attached hydrogens (tertiary/aromatic N) is 1. The van der Waals surface area contributed by atoms with Gasteiger partial charge in [-0.1, -0.05) is 25.1 Å². The molecule has 1 amide bonds. The van der Waals surface area contributed by atoms with Gasteiger partial charge >= 0.3 is 0 Å². The Morgan fingerprint density at radius 3 is 2.64 bits per heavy atom. The molecule has 0 aromatic heterocycles. The van der Waals surface area contributed by atoms with Gasteiger partial charge in [0.2, 0.25) is 5.91 Å². The van der Waals surface area contributed by atoms with Crippen LogP contribution in [-0.2, 0) is 11.3 Å². The molecule has 0 unspecified atom stereocenters. The van der Waals surface area contributed by atoms with E-state index in [4.69, 9.17) is 5.73 Å². The number of anilines is 1. The van der Waals surface area contributed by atoms with Crippen LogP contribution in [0, 0.1) is 0 Å². The van der Waals surface area contributed by atoms with E-state index in [0.29, 0.717) is 13.0 Å². The summed E-state index contributed by atoms with van der Waals surface area (Å²) in [5.74, 6) is 0.133. The topological polar surface area (TPSA) is 46.3 Å². The number of amides is 1. The van der Waals surface area contributed by atoms with Crippen molar-refractivity contribution in [1.29, 1.82) is 0 Å². The smallest absolute Gasteiger partial charge is 0.222 e. The second-order valence-corrected chi connectivity index (χ2v) is 3.30. The number of rotatable bonds is 3. The summed E-state index contributed by atoms with van der Waals surface area (Å²) < 4.78 is 0. The zero-order valence-corrected chi connectivity index (χ0v) is 8.66. The molecule has 1 aromatic rings. The number of carbonyl (C=O) groups excluding carboxylic acids is 1.